The van der Waals surface area contributed by atoms with Gasteiger partial charge in [-0.1, -0.05) is 309 Å². The Morgan fingerprint density at radius 1 is 0.389 bits per heavy atom. The first-order chi connectivity index (χ1) is 46.6. The zero-order chi connectivity index (χ0) is 68.7. The lowest BCUT2D eigenvalue weighted by molar-refractivity contribution is -0.359. The normalized spacial score (nSPS) is 23.0. The minimum atomic E-state index is -1.80. The predicted octanol–water partition coefficient (Wildman–Crippen LogP) is 17.1. The number of aliphatic hydroxyl groups excluding tert-OH is 8. The zero-order valence-electron chi connectivity index (χ0n) is 59.9. The molecule has 12 unspecified atom stereocenters. The number of aliphatic hydroxyl groups is 8. The highest BCUT2D eigenvalue weighted by atomic mass is 16.7. The average Bonchev–Trinajstić information content (AvgIpc) is 0.800. The van der Waals surface area contributed by atoms with Gasteiger partial charge in [-0.3, -0.25) is 4.79 Å². The van der Waals surface area contributed by atoms with Crippen molar-refractivity contribution in [3.05, 3.63) is 109 Å². The standard InChI is InChI=1S/C81H141NO13/c1-3-5-7-9-11-13-15-17-19-21-23-25-27-29-31-32-33-34-35-36-37-38-39-41-43-45-47-49-51-53-55-57-59-61-63-65-73(86)82-69(68-92-80-78(91)76(89)79(72(67-84)94-80)95-81-77(90)75(88)74(87)71(66-83)93-81)70(85)64-62-60-58-56-54-52-50-48-46-44-42-40-30-28-26-24-22-20-18-16-14-12-10-8-6-4-2/h5,7,11,13,17,19,23,25,29,31,33-34,46,48,54,56,62,64,69-72,74-81,83-85,87-91H,3-4,6,8-10,12,14-16,18,20-22,24,26-28,30,32,35-45,47,49-53,55,57-61,63,65-68H2,1-2H3,(H,82,86)/b7-5-,13-11-,19-17-,25-23-,31-29-,34-33-,48-46+,56-54+,64-62+. The molecular formula is C81H141NO13. The third-order valence-electron chi connectivity index (χ3n) is 18.2. The van der Waals surface area contributed by atoms with Crippen LogP contribution < -0.4 is 5.32 Å². The number of unbranched alkanes of at least 4 members (excludes halogenated alkanes) is 34. The second-order valence-electron chi connectivity index (χ2n) is 26.7. The Labute approximate surface area is 578 Å². The number of nitrogens with one attached hydrogen (secondary N) is 1. The molecule has 2 aliphatic heterocycles. The highest BCUT2D eigenvalue weighted by Gasteiger charge is 2.51. The summed E-state index contributed by atoms with van der Waals surface area (Å²) in [5, 5.41) is 87.6. The molecule has 2 heterocycles. The van der Waals surface area contributed by atoms with Gasteiger partial charge in [-0.2, -0.15) is 0 Å². The van der Waals surface area contributed by atoms with Crippen LogP contribution >= 0.6 is 0 Å². The molecule has 548 valence electrons. The van der Waals surface area contributed by atoms with Crippen LogP contribution in [0, 0.1) is 0 Å². The highest BCUT2D eigenvalue weighted by molar-refractivity contribution is 5.76. The molecule has 0 radical (unpaired) electrons. The molecule has 2 saturated heterocycles. The van der Waals surface area contributed by atoms with Crippen molar-refractivity contribution in [2.24, 2.45) is 0 Å². The first-order valence-electron chi connectivity index (χ1n) is 38.6. The topological polar surface area (TPSA) is 228 Å². The summed E-state index contributed by atoms with van der Waals surface area (Å²) in [6.45, 7) is 2.69. The molecule has 0 aliphatic carbocycles. The van der Waals surface area contributed by atoms with Crippen LogP contribution in [0.2, 0.25) is 0 Å². The summed E-state index contributed by atoms with van der Waals surface area (Å²) in [6, 6.07) is -0.945. The molecule has 0 saturated carbocycles. The van der Waals surface area contributed by atoms with E-state index in [-0.39, 0.29) is 18.9 Å². The van der Waals surface area contributed by atoms with Crippen LogP contribution in [0.15, 0.2) is 109 Å². The summed E-state index contributed by atoms with van der Waals surface area (Å²) in [5.74, 6) is -0.253. The van der Waals surface area contributed by atoms with Gasteiger partial charge in [-0.05, 0) is 96.3 Å². The van der Waals surface area contributed by atoms with Gasteiger partial charge in [0.15, 0.2) is 12.6 Å². The number of allylic oxidation sites excluding steroid dienone is 17. The van der Waals surface area contributed by atoms with Crippen molar-refractivity contribution in [3.8, 4) is 0 Å². The highest BCUT2D eigenvalue weighted by Crippen LogP contribution is 2.30. The van der Waals surface area contributed by atoms with Crippen LogP contribution in [-0.2, 0) is 23.7 Å². The van der Waals surface area contributed by atoms with Crippen LogP contribution in [0.4, 0.5) is 0 Å². The van der Waals surface area contributed by atoms with Crippen molar-refractivity contribution in [1.82, 2.24) is 5.32 Å². The number of rotatable bonds is 63. The lowest BCUT2D eigenvalue weighted by Gasteiger charge is -2.46. The summed E-state index contributed by atoms with van der Waals surface area (Å²) in [6.07, 6.45) is 75.9. The first kappa shape index (κ1) is 87.7. The minimum Gasteiger partial charge on any atom is -0.394 e. The van der Waals surface area contributed by atoms with Crippen LogP contribution in [-0.4, -0.2) is 140 Å². The van der Waals surface area contributed by atoms with Gasteiger partial charge in [0.2, 0.25) is 5.91 Å². The van der Waals surface area contributed by atoms with Gasteiger partial charge in [-0.25, -0.2) is 0 Å². The Morgan fingerprint density at radius 2 is 0.737 bits per heavy atom. The third kappa shape index (κ3) is 47.4. The Bertz CT molecular complexity index is 2010. The smallest absolute Gasteiger partial charge is 0.220 e. The zero-order valence-corrected chi connectivity index (χ0v) is 59.9. The predicted molar refractivity (Wildman–Crippen MR) is 392 cm³/mol. The van der Waals surface area contributed by atoms with E-state index in [1.54, 1.807) is 6.08 Å². The molecule has 0 aromatic rings. The molecule has 2 fully saturated rings. The van der Waals surface area contributed by atoms with Crippen molar-refractivity contribution in [2.45, 2.75) is 376 Å². The van der Waals surface area contributed by atoms with Crippen molar-refractivity contribution in [2.75, 3.05) is 19.8 Å². The summed E-state index contributed by atoms with van der Waals surface area (Å²) in [4.78, 5) is 13.4. The van der Waals surface area contributed by atoms with Gasteiger partial charge in [0.05, 0.1) is 32.0 Å². The van der Waals surface area contributed by atoms with Gasteiger partial charge >= 0.3 is 0 Å². The quantitative estimate of drug-likeness (QED) is 0.0204. The maximum absolute atomic E-state index is 13.4. The summed E-state index contributed by atoms with van der Waals surface area (Å²) in [5.41, 5.74) is 0. The molecule has 0 spiro atoms. The Balaban J connectivity index is 1.65. The van der Waals surface area contributed by atoms with Crippen molar-refractivity contribution in [1.29, 1.82) is 0 Å². The van der Waals surface area contributed by atoms with E-state index in [9.17, 15) is 45.6 Å². The van der Waals surface area contributed by atoms with E-state index in [4.69, 9.17) is 18.9 Å². The maximum atomic E-state index is 13.4. The van der Waals surface area contributed by atoms with E-state index < -0.39 is 86.8 Å². The van der Waals surface area contributed by atoms with Crippen molar-refractivity contribution in [3.63, 3.8) is 0 Å². The fraction of sp³-hybridized carbons (Fsp3) is 0.765. The largest absolute Gasteiger partial charge is 0.394 e. The van der Waals surface area contributed by atoms with E-state index in [1.807, 2.05) is 6.08 Å². The number of carbonyl (C=O) groups excluding carboxylic acids is 1. The molecule has 0 bridgehead atoms. The molecule has 2 aliphatic rings. The second kappa shape index (κ2) is 64.1. The second-order valence-corrected chi connectivity index (χ2v) is 26.7. The molecule has 12 atom stereocenters. The number of hydrogen-bond donors (Lipinski definition) is 9. The summed E-state index contributed by atoms with van der Waals surface area (Å²) < 4.78 is 22.9. The Morgan fingerprint density at radius 3 is 1.16 bits per heavy atom. The molecule has 14 nitrogen and oxygen atoms in total. The van der Waals surface area contributed by atoms with Crippen LogP contribution in [0.1, 0.15) is 303 Å². The Kier molecular flexibility index (Phi) is 59.2. The van der Waals surface area contributed by atoms with E-state index in [0.29, 0.717) is 12.8 Å². The maximum Gasteiger partial charge on any atom is 0.220 e. The van der Waals surface area contributed by atoms with Gasteiger partial charge < -0.3 is 65.1 Å². The fourth-order valence-corrected chi connectivity index (χ4v) is 12.1. The third-order valence-corrected chi connectivity index (χ3v) is 18.2. The molecule has 14 heteroatoms. The van der Waals surface area contributed by atoms with Crippen molar-refractivity contribution >= 4 is 5.91 Å². The van der Waals surface area contributed by atoms with Crippen LogP contribution in [0.25, 0.3) is 0 Å². The number of carbonyl (C=O) groups is 1. The molecule has 95 heavy (non-hydrogen) atoms. The van der Waals surface area contributed by atoms with Gasteiger partial charge in [0.1, 0.15) is 48.8 Å². The Hall–Kier alpha value is -3.35. The minimum absolute atomic E-state index is 0.253. The summed E-state index contributed by atoms with van der Waals surface area (Å²) in [7, 11) is 0. The molecule has 1 amide bonds. The van der Waals surface area contributed by atoms with Crippen molar-refractivity contribution < 1.29 is 64.6 Å². The van der Waals surface area contributed by atoms with E-state index in [2.05, 4.69) is 116 Å². The van der Waals surface area contributed by atoms with E-state index >= 15 is 0 Å². The molecule has 0 aromatic carbocycles. The van der Waals surface area contributed by atoms with E-state index in [0.717, 1.165) is 83.5 Å². The first-order valence-corrected chi connectivity index (χ1v) is 38.6. The number of amides is 1. The van der Waals surface area contributed by atoms with Gasteiger partial charge in [0, 0.05) is 6.42 Å². The van der Waals surface area contributed by atoms with Gasteiger partial charge in [-0.15, -0.1) is 0 Å². The SMILES string of the molecule is CC/C=C\C/C=C\C/C=C\C/C=C\C/C=C\C/C=C\CCCCCCCCCCCCCCCCCCC(=O)NC(COC1OC(CO)C(OC2OC(CO)C(O)C(O)C2O)C(O)C1O)C(O)/C=C/CC/C=C/CC/C=C/CCCCCCCCCCCCCCCCCC. The van der Waals surface area contributed by atoms with Gasteiger partial charge in [0.25, 0.3) is 0 Å². The summed E-state index contributed by atoms with van der Waals surface area (Å²) >= 11 is 0. The number of ether oxygens (including phenoxy) is 4. The van der Waals surface area contributed by atoms with E-state index in [1.165, 1.54) is 186 Å². The molecule has 2 rings (SSSR count). The monoisotopic (exact) mass is 1340 g/mol. The average molecular weight is 1340 g/mol. The molecular weight excluding hydrogens is 1190 g/mol. The van der Waals surface area contributed by atoms with Crippen LogP contribution in [0.3, 0.4) is 0 Å². The number of hydrogen-bond acceptors (Lipinski definition) is 13. The molecule has 0 aromatic heterocycles. The lowest BCUT2D eigenvalue weighted by Crippen LogP contribution is -2.65. The fourth-order valence-electron chi connectivity index (χ4n) is 12.1. The lowest BCUT2D eigenvalue weighted by atomic mass is 9.97. The molecule has 9 N–H and O–H groups in total. The van der Waals surface area contributed by atoms with Crippen LogP contribution in [0.5, 0.6) is 0 Å².